The quantitative estimate of drug-likeness (QED) is 0.615. The number of halogens is 1. The van der Waals surface area contributed by atoms with Crippen molar-refractivity contribution in [2.24, 2.45) is 5.73 Å². The first-order valence-electron chi connectivity index (χ1n) is 5.12. The molecule has 0 aliphatic carbocycles. The SMILES string of the molecule is N=C(N)c1cc(-c2ccccn2)nn1CCF. The fraction of sp³-hybridized carbons (Fsp3) is 0.182. The lowest BCUT2D eigenvalue weighted by molar-refractivity contribution is 0.426. The Morgan fingerprint density at radius 1 is 1.41 bits per heavy atom. The molecule has 2 heterocycles. The molecule has 3 N–H and O–H groups in total. The molecule has 0 radical (unpaired) electrons. The molecule has 0 bridgehead atoms. The normalized spacial score (nSPS) is 10.4. The minimum atomic E-state index is -0.552. The van der Waals surface area contributed by atoms with Crippen LogP contribution in [0.2, 0.25) is 0 Å². The Morgan fingerprint density at radius 2 is 2.24 bits per heavy atom. The summed E-state index contributed by atoms with van der Waals surface area (Å²) in [5.74, 6) is -0.131. The lowest BCUT2D eigenvalue weighted by atomic mass is 10.2. The van der Waals surface area contributed by atoms with Gasteiger partial charge in [0.25, 0.3) is 0 Å². The van der Waals surface area contributed by atoms with Crippen molar-refractivity contribution in [2.45, 2.75) is 6.54 Å². The zero-order valence-corrected chi connectivity index (χ0v) is 9.10. The van der Waals surface area contributed by atoms with E-state index in [0.29, 0.717) is 17.1 Å². The van der Waals surface area contributed by atoms with Gasteiger partial charge in [0.1, 0.15) is 23.9 Å². The lowest BCUT2D eigenvalue weighted by Crippen LogP contribution is -2.18. The van der Waals surface area contributed by atoms with Crippen molar-refractivity contribution in [1.29, 1.82) is 5.41 Å². The highest BCUT2D eigenvalue weighted by molar-refractivity contribution is 5.94. The number of rotatable bonds is 4. The second kappa shape index (κ2) is 4.73. The molecule has 0 aromatic carbocycles. The molecule has 0 atom stereocenters. The van der Waals surface area contributed by atoms with E-state index in [4.69, 9.17) is 11.1 Å². The topological polar surface area (TPSA) is 80.6 Å². The number of alkyl halides is 1. The van der Waals surface area contributed by atoms with Gasteiger partial charge in [-0.3, -0.25) is 15.1 Å². The van der Waals surface area contributed by atoms with Gasteiger partial charge < -0.3 is 5.73 Å². The van der Waals surface area contributed by atoms with Crippen molar-refractivity contribution in [3.05, 3.63) is 36.2 Å². The van der Waals surface area contributed by atoms with Gasteiger partial charge in [0.2, 0.25) is 0 Å². The molecule has 0 aliphatic heterocycles. The monoisotopic (exact) mass is 233 g/mol. The minimum absolute atomic E-state index is 0.0851. The highest BCUT2D eigenvalue weighted by atomic mass is 19.1. The van der Waals surface area contributed by atoms with E-state index in [9.17, 15) is 4.39 Å². The Kier molecular flexibility index (Phi) is 3.13. The summed E-state index contributed by atoms with van der Waals surface area (Å²) >= 11 is 0. The van der Waals surface area contributed by atoms with E-state index in [0.717, 1.165) is 0 Å². The van der Waals surface area contributed by atoms with E-state index in [1.54, 1.807) is 24.4 Å². The molecule has 0 amide bonds. The Balaban J connectivity index is 2.44. The van der Waals surface area contributed by atoms with Crippen LogP contribution in [0.25, 0.3) is 11.4 Å². The Hall–Kier alpha value is -2.24. The van der Waals surface area contributed by atoms with Crippen molar-refractivity contribution in [3.8, 4) is 11.4 Å². The maximum atomic E-state index is 12.3. The first-order valence-corrected chi connectivity index (χ1v) is 5.12. The number of nitrogens with one attached hydrogen (secondary N) is 1. The smallest absolute Gasteiger partial charge is 0.141 e. The van der Waals surface area contributed by atoms with Gasteiger partial charge in [-0.25, -0.2) is 4.39 Å². The summed E-state index contributed by atoms with van der Waals surface area (Å²) in [5, 5.41) is 11.6. The van der Waals surface area contributed by atoms with Crippen molar-refractivity contribution in [1.82, 2.24) is 14.8 Å². The number of hydrogen-bond donors (Lipinski definition) is 2. The van der Waals surface area contributed by atoms with Gasteiger partial charge in [-0.05, 0) is 18.2 Å². The van der Waals surface area contributed by atoms with Crippen LogP contribution in [0.1, 0.15) is 5.69 Å². The summed E-state index contributed by atoms with van der Waals surface area (Å²) in [5.41, 5.74) is 7.08. The van der Waals surface area contributed by atoms with Gasteiger partial charge in [0.05, 0.1) is 12.2 Å². The number of nitrogen functional groups attached to an aromatic ring is 1. The molecule has 2 rings (SSSR count). The van der Waals surface area contributed by atoms with E-state index in [1.807, 2.05) is 6.07 Å². The van der Waals surface area contributed by atoms with Gasteiger partial charge >= 0.3 is 0 Å². The second-order valence-corrected chi connectivity index (χ2v) is 3.46. The molecule has 0 saturated heterocycles. The van der Waals surface area contributed by atoms with Crippen LogP contribution in [0.3, 0.4) is 0 Å². The molecule has 6 heteroatoms. The van der Waals surface area contributed by atoms with Crippen LogP contribution < -0.4 is 5.73 Å². The molecule has 0 spiro atoms. The van der Waals surface area contributed by atoms with Crippen LogP contribution in [-0.4, -0.2) is 27.3 Å². The molecule has 88 valence electrons. The van der Waals surface area contributed by atoms with Gasteiger partial charge in [0.15, 0.2) is 0 Å². The van der Waals surface area contributed by atoms with Crippen LogP contribution in [0.4, 0.5) is 4.39 Å². The number of aryl methyl sites for hydroxylation is 1. The van der Waals surface area contributed by atoms with E-state index >= 15 is 0 Å². The van der Waals surface area contributed by atoms with Crippen LogP contribution >= 0.6 is 0 Å². The van der Waals surface area contributed by atoms with Crippen LogP contribution in [0.5, 0.6) is 0 Å². The Labute approximate surface area is 97.6 Å². The van der Waals surface area contributed by atoms with E-state index in [2.05, 4.69) is 10.1 Å². The molecular weight excluding hydrogens is 221 g/mol. The second-order valence-electron chi connectivity index (χ2n) is 3.46. The van der Waals surface area contributed by atoms with Gasteiger partial charge in [-0.1, -0.05) is 6.07 Å². The largest absolute Gasteiger partial charge is 0.382 e. The van der Waals surface area contributed by atoms with Crippen molar-refractivity contribution in [3.63, 3.8) is 0 Å². The molecule has 0 unspecified atom stereocenters. The third kappa shape index (κ3) is 2.30. The average molecular weight is 233 g/mol. The zero-order chi connectivity index (χ0) is 12.3. The highest BCUT2D eigenvalue weighted by Gasteiger charge is 2.11. The predicted octanol–water partition coefficient (Wildman–Crippen LogP) is 1.20. The van der Waals surface area contributed by atoms with E-state index in [-0.39, 0.29) is 12.4 Å². The highest BCUT2D eigenvalue weighted by Crippen LogP contribution is 2.16. The molecule has 2 aromatic rings. The number of nitrogens with zero attached hydrogens (tertiary/aromatic N) is 3. The third-order valence-electron chi connectivity index (χ3n) is 2.28. The van der Waals surface area contributed by atoms with Crippen molar-refractivity contribution in [2.75, 3.05) is 6.67 Å². The number of amidine groups is 1. The van der Waals surface area contributed by atoms with Crippen LogP contribution in [0.15, 0.2) is 30.5 Å². The number of aromatic nitrogens is 3. The maximum Gasteiger partial charge on any atom is 0.141 e. The first kappa shape index (κ1) is 11.3. The molecule has 2 aromatic heterocycles. The maximum absolute atomic E-state index is 12.3. The zero-order valence-electron chi connectivity index (χ0n) is 9.10. The van der Waals surface area contributed by atoms with Crippen LogP contribution in [-0.2, 0) is 6.54 Å². The van der Waals surface area contributed by atoms with Gasteiger partial charge in [-0.2, -0.15) is 5.10 Å². The molecule has 5 nitrogen and oxygen atoms in total. The van der Waals surface area contributed by atoms with Crippen molar-refractivity contribution < 1.29 is 4.39 Å². The molecule has 0 aliphatic rings. The minimum Gasteiger partial charge on any atom is -0.382 e. The lowest BCUT2D eigenvalue weighted by Gasteiger charge is -2.01. The summed E-state index contributed by atoms with van der Waals surface area (Å²) in [7, 11) is 0. The first-order chi connectivity index (χ1) is 8.22. The summed E-state index contributed by atoms with van der Waals surface area (Å²) in [6.45, 7) is -0.467. The Bertz CT molecular complexity index is 520. The summed E-state index contributed by atoms with van der Waals surface area (Å²) in [6, 6.07) is 7.07. The fourth-order valence-electron chi connectivity index (χ4n) is 1.52. The molecule has 17 heavy (non-hydrogen) atoms. The fourth-order valence-corrected chi connectivity index (χ4v) is 1.52. The summed E-state index contributed by atoms with van der Waals surface area (Å²) in [6.07, 6.45) is 1.65. The number of pyridine rings is 1. The Morgan fingerprint density at radius 3 is 2.82 bits per heavy atom. The van der Waals surface area contributed by atoms with E-state index < -0.39 is 6.67 Å². The average Bonchev–Trinajstić information content (AvgIpc) is 2.75. The van der Waals surface area contributed by atoms with Crippen molar-refractivity contribution >= 4 is 5.84 Å². The van der Waals surface area contributed by atoms with Crippen LogP contribution in [0, 0.1) is 5.41 Å². The summed E-state index contributed by atoms with van der Waals surface area (Å²) < 4.78 is 13.7. The van der Waals surface area contributed by atoms with Gasteiger partial charge in [-0.15, -0.1) is 0 Å². The molecule has 0 fully saturated rings. The third-order valence-corrected chi connectivity index (χ3v) is 2.28. The predicted molar refractivity (Wildman–Crippen MR) is 62.4 cm³/mol. The summed E-state index contributed by atoms with van der Waals surface area (Å²) in [4.78, 5) is 4.14. The molecule has 0 saturated carbocycles. The number of nitrogens with two attached hydrogens (primary N) is 1. The van der Waals surface area contributed by atoms with E-state index in [1.165, 1.54) is 4.68 Å². The molecular formula is C11H12FN5. The number of hydrogen-bond acceptors (Lipinski definition) is 3. The standard InChI is InChI=1S/C11H12FN5/c12-4-6-17-10(11(13)14)7-9(16-17)8-3-1-2-5-15-8/h1-3,5,7H,4,6H2,(H3,13,14). The van der Waals surface area contributed by atoms with Gasteiger partial charge in [0, 0.05) is 6.20 Å².